The largest absolute Gasteiger partial charge is 0.382 e. The van der Waals surface area contributed by atoms with Crippen molar-refractivity contribution in [3.05, 3.63) is 18.1 Å². The van der Waals surface area contributed by atoms with Gasteiger partial charge < -0.3 is 5.73 Å². The number of nitrogen functional groups attached to an aromatic ring is 1. The Balaban J connectivity index is 2.96. The predicted molar refractivity (Wildman–Crippen MR) is 47.0 cm³/mol. The maximum atomic E-state index is 8.53. The summed E-state index contributed by atoms with van der Waals surface area (Å²) >= 11 is 0. The monoisotopic (exact) mass is 162 g/mol. The molecule has 2 N–H and O–H groups in total. The summed E-state index contributed by atoms with van der Waals surface area (Å²) in [6, 6.07) is 1.90. The summed E-state index contributed by atoms with van der Waals surface area (Å²) in [5.41, 5.74) is 5.86. The van der Waals surface area contributed by atoms with Crippen molar-refractivity contribution in [2.24, 2.45) is 0 Å². The van der Waals surface area contributed by atoms with Crippen LogP contribution in [-0.4, -0.2) is 9.55 Å². The van der Waals surface area contributed by atoms with Crippen molar-refractivity contribution in [1.82, 2.24) is 9.55 Å². The second-order valence-electron chi connectivity index (χ2n) is 2.29. The molecule has 0 unspecified atom stereocenters. The van der Waals surface area contributed by atoms with E-state index in [-0.39, 0.29) is 5.69 Å². The highest BCUT2D eigenvalue weighted by Gasteiger charge is 2.02. The highest BCUT2D eigenvalue weighted by Crippen LogP contribution is 2.08. The van der Waals surface area contributed by atoms with Crippen LogP contribution in [0.1, 0.15) is 19.0 Å². The summed E-state index contributed by atoms with van der Waals surface area (Å²) in [7, 11) is 0. The lowest BCUT2D eigenvalue weighted by molar-refractivity contribution is 1.12. The Hall–Kier alpha value is -1.76. The van der Waals surface area contributed by atoms with Crippen LogP contribution in [-0.2, 0) is 0 Å². The quantitative estimate of drug-likeness (QED) is 0.710. The standard InChI is InChI=1S/C8H10N4/c1-2-3-4-12-6-11-7(5-9)8(12)10/h3-4,6H,2,10H2,1H3/b4-3+. The molecule has 0 aromatic carbocycles. The molecule has 0 aliphatic carbocycles. The van der Waals surface area contributed by atoms with Crippen LogP contribution in [0.25, 0.3) is 6.20 Å². The molecule has 1 aromatic rings. The van der Waals surface area contributed by atoms with Crippen molar-refractivity contribution < 1.29 is 0 Å². The van der Waals surface area contributed by atoms with Gasteiger partial charge in [-0.3, -0.25) is 4.57 Å². The Labute approximate surface area is 70.9 Å². The second kappa shape index (κ2) is 3.58. The van der Waals surface area contributed by atoms with Crippen molar-refractivity contribution in [3.63, 3.8) is 0 Å². The molecule has 4 heteroatoms. The Morgan fingerprint density at radius 3 is 3.08 bits per heavy atom. The highest BCUT2D eigenvalue weighted by molar-refractivity contribution is 5.49. The summed E-state index contributed by atoms with van der Waals surface area (Å²) < 4.78 is 1.63. The molecule has 4 nitrogen and oxygen atoms in total. The van der Waals surface area contributed by atoms with E-state index in [1.165, 1.54) is 6.33 Å². The van der Waals surface area contributed by atoms with Crippen LogP contribution in [0.4, 0.5) is 5.82 Å². The third-order valence-corrected chi connectivity index (χ3v) is 1.44. The van der Waals surface area contributed by atoms with Crippen molar-refractivity contribution in [3.8, 4) is 6.07 Å². The second-order valence-corrected chi connectivity index (χ2v) is 2.29. The fourth-order valence-electron chi connectivity index (χ4n) is 0.794. The SMILES string of the molecule is CC/C=C/n1cnc(C#N)c1N. The van der Waals surface area contributed by atoms with Crippen LogP contribution in [0.15, 0.2) is 12.4 Å². The van der Waals surface area contributed by atoms with Gasteiger partial charge in [-0.15, -0.1) is 0 Å². The van der Waals surface area contributed by atoms with Gasteiger partial charge in [-0.2, -0.15) is 5.26 Å². The maximum absolute atomic E-state index is 8.53. The van der Waals surface area contributed by atoms with Gasteiger partial charge in [0.25, 0.3) is 0 Å². The first-order chi connectivity index (χ1) is 5.79. The van der Waals surface area contributed by atoms with Crippen molar-refractivity contribution in [2.75, 3.05) is 5.73 Å². The lowest BCUT2D eigenvalue weighted by Crippen LogP contribution is -1.94. The van der Waals surface area contributed by atoms with Crippen LogP contribution < -0.4 is 5.73 Å². The molecular weight excluding hydrogens is 152 g/mol. The van der Waals surface area contributed by atoms with Gasteiger partial charge in [0.15, 0.2) is 5.69 Å². The van der Waals surface area contributed by atoms with Crippen LogP contribution in [0.5, 0.6) is 0 Å². The number of allylic oxidation sites excluding steroid dienone is 1. The van der Waals surface area contributed by atoms with Gasteiger partial charge in [0.1, 0.15) is 18.2 Å². The first-order valence-electron chi connectivity index (χ1n) is 3.68. The molecule has 0 fully saturated rings. The maximum Gasteiger partial charge on any atom is 0.182 e. The van der Waals surface area contributed by atoms with Crippen molar-refractivity contribution >= 4 is 12.0 Å². The van der Waals surface area contributed by atoms with Gasteiger partial charge in [0, 0.05) is 6.20 Å². The van der Waals surface area contributed by atoms with Crippen LogP contribution in [0, 0.1) is 11.3 Å². The molecule has 0 aliphatic rings. The Morgan fingerprint density at radius 1 is 1.83 bits per heavy atom. The third-order valence-electron chi connectivity index (χ3n) is 1.44. The van der Waals surface area contributed by atoms with E-state index in [2.05, 4.69) is 4.98 Å². The van der Waals surface area contributed by atoms with Gasteiger partial charge in [-0.1, -0.05) is 13.0 Å². The number of nitrogens with two attached hydrogens (primary N) is 1. The number of aromatic nitrogens is 2. The van der Waals surface area contributed by atoms with Crippen molar-refractivity contribution in [1.29, 1.82) is 5.26 Å². The molecule has 1 aromatic heterocycles. The molecule has 1 heterocycles. The topological polar surface area (TPSA) is 67.6 Å². The lowest BCUT2D eigenvalue weighted by Gasteiger charge is -1.94. The van der Waals surface area contributed by atoms with Gasteiger partial charge in [0.05, 0.1) is 0 Å². The Bertz CT molecular complexity index is 329. The molecule has 0 bridgehead atoms. The number of imidazole rings is 1. The molecule has 0 atom stereocenters. The van der Waals surface area contributed by atoms with E-state index < -0.39 is 0 Å². The summed E-state index contributed by atoms with van der Waals surface area (Å²) in [5, 5.41) is 8.53. The van der Waals surface area contributed by atoms with E-state index in [1.807, 2.05) is 19.1 Å². The van der Waals surface area contributed by atoms with Gasteiger partial charge >= 0.3 is 0 Å². The average Bonchev–Trinajstić information content (AvgIpc) is 2.43. The normalized spacial score (nSPS) is 10.3. The van der Waals surface area contributed by atoms with Gasteiger partial charge in [-0.05, 0) is 6.42 Å². The number of rotatable bonds is 2. The van der Waals surface area contributed by atoms with E-state index in [0.29, 0.717) is 5.82 Å². The van der Waals surface area contributed by atoms with E-state index in [0.717, 1.165) is 6.42 Å². The lowest BCUT2D eigenvalue weighted by atomic mass is 10.4. The number of hydrogen-bond acceptors (Lipinski definition) is 3. The minimum absolute atomic E-state index is 0.274. The first kappa shape index (κ1) is 8.34. The summed E-state index contributed by atoms with van der Waals surface area (Å²) in [6.07, 6.45) is 6.20. The predicted octanol–water partition coefficient (Wildman–Crippen LogP) is 1.22. The number of nitrogens with zero attached hydrogens (tertiary/aromatic N) is 3. The molecule has 62 valence electrons. The summed E-state index contributed by atoms with van der Waals surface area (Å²) in [5.74, 6) is 0.391. The fourth-order valence-corrected chi connectivity index (χ4v) is 0.794. The van der Waals surface area contributed by atoms with Crippen molar-refractivity contribution in [2.45, 2.75) is 13.3 Å². The zero-order chi connectivity index (χ0) is 8.97. The van der Waals surface area contributed by atoms with Crippen LogP contribution in [0.2, 0.25) is 0 Å². The minimum Gasteiger partial charge on any atom is -0.382 e. The smallest absolute Gasteiger partial charge is 0.182 e. The van der Waals surface area contributed by atoms with Crippen LogP contribution in [0.3, 0.4) is 0 Å². The molecule has 0 spiro atoms. The molecule has 0 saturated heterocycles. The number of nitriles is 1. The number of hydrogen-bond donors (Lipinski definition) is 1. The van der Waals surface area contributed by atoms with E-state index in [1.54, 1.807) is 10.8 Å². The van der Waals surface area contributed by atoms with Gasteiger partial charge in [-0.25, -0.2) is 4.98 Å². The third kappa shape index (κ3) is 1.45. The highest BCUT2D eigenvalue weighted by atomic mass is 15.1. The minimum atomic E-state index is 0.274. The molecule has 0 amide bonds. The molecular formula is C8H10N4. The molecule has 0 saturated carbocycles. The number of anilines is 1. The zero-order valence-electron chi connectivity index (χ0n) is 6.86. The average molecular weight is 162 g/mol. The van der Waals surface area contributed by atoms with E-state index in [9.17, 15) is 0 Å². The molecule has 0 aliphatic heterocycles. The summed E-state index contributed by atoms with van der Waals surface area (Å²) in [4.78, 5) is 3.81. The fraction of sp³-hybridized carbons (Fsp3) is 0.250. The summed E-state index contributed by atoms with van der Waals surface area (Å²) in [6.45, 7) is 2.02. The Morgan fingerprint density at radius 2 is 2.58 bits per heavy atom. The molecule has 0 radical (unpaired) electrons. The van der Waals surface area contributed by atoms with E-state index >= 15 is 0 Å². The van der Waals surface area contributed by atoms with Gasteiger partial charge in [0.2, 0.25) is 0 Å². The van der Waals surface area contributed by atoms with E-state index in [4.69, 9.17) is 11.0 Å². The molecule has 12 heavy (non-hydrogen) atoms. The first-order valence-corrected chi connectivity index (χ1v) is 3.68. The molecule has 1 rings (SSSR count). The van der Waals surface area contributed by atoms with Crippen LogP contribution >= 0.6 is 0 Å². The Kier molecular flexibility index (Phi) is 2.49. The zero-order valence-corrected chi connectivity index (χ0v) is 6.86.